The molecule has 0 radical (unpaired) electrons. The van der Waals surface area contributed by atoms with Gasteiger partial charge in [0.2, 0.25) is 0 Å². The summed E-state index contributed by atoms with van der Waals surface area (Å²) in [6.45, 7) is 8.72. The maximum absolute atomic E-state index is 12.7. The first-order valence-corrected chi connectivity index (χ1v) is 10.8. The fraction of sp³-hybridized carbons (Fsp3) is 0.360. The van der Waals surface area contributed by atoms with E-state index in [1.807, 2.05) is 6.92 Å². The Bertz CT molecular complexity index is 1000. The maximum atomic E-state index is 12.7. The standard InChI is InChI=1S/C25H30N2O6/c1-6-32-19-13-11-18(12-14-19)24(30)27-22(15(2)3)25(31)33-17(5)23(29)26-21-10-8-7-9-20(21)16(4)28/h7-15,17,22H,6H2,1-5H3,(H,26,29)(H,27,30)/t17?,22-/m0/s1. The molecule has 33 heavy (non-hydrogen) atoms. The predicted molar refractivity (Wildman–Crippen MR) is 124 cm³/mol. The Labute approximate surface area is 193 Å². The van der Waals surface area contributed by atoms with Crippen molar-refractivity contribution in [3.8, 4) is 5.75 Å². The normalized spacial score (nSPS) is 12.4. The van der Waals surface area contributed by atoms with E-state index in [2.05, 4.69) is 10.6 Å². The van der Waals surface area contributed by atoms with Crippen molar-refractivity contribution in [2.45, 2.75) is 46.8 Å². The third kappa shape index (κ3) is 7.17. The van der Waals surface area contributed by atoms with E-state index in [0.29, 0.717) is 29.2 Å². The van der Waals surface area contributed by atoms with E-state index in [9.17, 15) is 19.2 Å². The molecule has 0 saturated carbocycles. The van der Waals surface area contributed by atoms with Crippen molar-refractivity contribution in [3.63, 3.8) is 0 Å². The molecule has 2 N–H and O–H groups in total. The van der Waals surface area contributed by atoms with Crippen LogP contribution in [0.2, 0.25) is 0 Å². The number of para-hydroxylation sites is 1. The lowest BCUT2D eigenvalue weighted by atomic mass is 10.0. The minimum Gasteiger partial charge on any atom is -0.494 e. The molecule has 0 aliphatic heterocycles. The van der Waals surface area contributed by atoms with Gasteiger partial charge in [-0.2, -0.15) is 0 Å². The number of benzene rings is 2. The van der Waals surface area contributed by atoms with Crippen LogP contribution in [0, 0.1) is 5.92 Å². The molecule has 2 aromatic carbocycles. The summed E-state index contributed by atoms with van der Waals surface area (Å²) in [5.74, 6) is -1.60. The summed E-state index contributed by atoms with van der Waals surface area (Å²) < 4.78 is 10.7. The molecule has 0 saturated heterocycles. The smallest absolute Gasteiger partial charge is 0.329 e. The topological polar surface area (TPSA) is 111 Å². The Morgan fingerprint density at radius 1 is 0.939 bits per heavy atom. The zero-order valence-electron chi connectivity index (χ0n) is 19.5. The second kappa shape index (κ2) is 11.8. The van der Waals surface area contributed by atoms with E-state index in [1.54, 1.807) is 62.4 Å². The zero-order valence-corrected chi connectivity index (χ0v) is 19.5. The van der Waals surface area contributed by atoms with E-state index in [-0.39, 0.29) is 11.7 Å². The number of anilines is 1. The van der Waals surface area contributed by atoms with Crippen molar-refractivity contribution in [3.05, 3.63) is 59.7 Å². The van der Waals surface area contributed by atoms with Crippen LogP contribution in [0.25, 0.3) is 0 Å². The Morgan fingerprint density at radius 2 is 1.58 bits per heavy atom. The van der Waals surface area contributed by atoms with Gasteiger partial charge >= 0.3 is 5.97 Å². The van der Waals surface area contributed by atoms with Crippen molar-refractivity contribution in [2.24, 2.45) is 5.92 Å². The number of ether oxygens (including phenoxy) is 2. The average molecular weight is 455 g/mol. The summed E-state index contributed by atoms with van der Waals surface area (Å²) in [6.07, 6.45) is -1.14. The van der Waals surface area contributed by atoms with E-state index in [4.69, 9.17) is 9.47 Å². The molecule has 8 nitrogen and oxygen atoms in total. The molecular weight excluding hydrogens is 424 g/mol. The van der Waals surface area contributed by atoms with Gasteiger partial charge in [-0.15, -0.1) is 0 Å². The summed E-state index contributed by atoms with van der Waals surface area (Å²) >= 11 is 0. The molecule has 2 atom stereocenters. The Hall–Kier alpha value is -3.68. The number of carbonyl (C=O) groups excluding carboxylic acids is 4. The van der Waals surface area contributed by atoms with Gasteiger partial charge in [-0.1, -0.05) is 26.0 Å². The first kappa shape index (κ1) is 25.6. The van der Waals surface area contributed by atoms with Gasteiger partial charge in [0, 0.05) is 11.1 Å². The van der Waals surface area contributed by atoms with Gasteiger partial charge < -0.3 is 20.1 Å². The minimum absolute atomic E-state index is 0.201. The van der Waals surface area contributed by atoms with Crippen molar-refractivity contribution in [2.75, 3.05) is 11.9 Å². The third-order valence-corrected chi connectivity index (χ3v) is 4.86. The number of ketones is 1. The number of amides is 2. The van der Waals surface area contributed by atoms with Crippen LogP contribution in [-0.2, 0) is 14.3 Å². The molecule has 2 rings (SSSR count). The molecule has 176 valence electrons. The molecule has 0 fully saturated rings. The largest absolute Gasteiger partial charge is 0.494 e. The fourth-order valence-corrected chi connectivity index (χ4v) is 3.03. The molecule has 2 aromatic rings. The molecule has 0 aliphatic carbocycles. The van der Waals surface area contributed by atoms with Crippen LogP contribution < -0.4 is 15.4 Å². The lowest BCUT2D eigenvalue weighted by Gasteiger charge is -2.23. The fourth-order valence-electron chi connectivity index (χ4n) is 3.03. The molecule has 0 heterocycles. The van der Waals surface area contributed by atoms with Crippen LogP contribution in [0.5, 0.6) is 5.75 Å². The van der Waals surface area contributed by atoms with Crippen molar-refractivity contribution in [1.82, 2.24) is 5.32 Å². The molecule has 0 aliphatic rings. The highest BCUT2D eigenvalue weighted by Crippen LogP contribution is 2.17. The molecule has 0 bridgehead atoms. The number of carbonyl (C=O) groups is 4. The van der Waals surface area contributed by atoms with Gasteiger partial charge in [-0.25, -0.2) is 4.79 Å². The van der Waals surface area contributed by atoms with Gasteiger partial charge in [0.25, 0.3) is 11.8 Å². The summed E-state index contributed by atoms with van der Waals surface area (Å²) in [7, 11) is 0. The van der Waals surface area contributed by atoms with Crippen molar-refractivity contribution in [1.29, 1.82) is 0 Å². The highest BCUT2D eigenvalue weighted by Gasteiger charge is 2.29. The van der Waals surface area contributed by atoms with Gasteiger partial charge in [0.05, 0.1) is 12.3 Å². The second-order valence-electron chi connectivity index (χ2n) is 7.82. The first-order chi connectivity index (χ1) is 15.6. The Balaban J connectivity index is 2.03. The molecule has 2 amide bonds. The Morgan fingerprint density at radius 3 is 2.15 bits per heavy atom. The molecule has 0 aromatic heterocycles. The number of Topliss-reactive ketones (excluding diaryl/α,β-unsaturated/α-hetero) is 1. The lowest BCUT2D eigenvalue weighted by Crippen LogP contribution is -2.47. The summed E-state index contributed by atoms with van der Waals surface area (Å²) in [5.41, 5.74) is 1.05. The number of nitrogens with one attached hydrogen (secondary N) is 2. The SMILES string of the molecule is CCOc1ccc(C(=O)N[C@H](C(=O)OC(C)C(=O)Nc2ccccc2C(C)=O)C(C)C)cc1. The van der Waals surface area contributed by atoms with Crippen LogP contribution in [-0.4, -0.2) is 42.3 Å². The van der Waals surface area contributed by atoms with Crippen LogP contribution in [0.3, 0.4) is 0 Å². The third-order valence-electron chi connectivity index (χ3n) is 4.86. The molecular formula is C25H30N2O6. The maximum Gasteiger partial charge on any atom is 0.329 e. The summed E-state index contributed by atoms with van der Waals surface area (Å²) in [5, 5.41) is 5.28. The van der Waals surface area contributed by atoms with Crippen LogP contribution >= 0.6 is 0 Å². The van der Waals surface area contributed by atoms with E-state index < -0.39 is 29.9 Å². The van der Waals surface area contributed by atoms with Gasteiger partial charge in [0.15, 0.2) is 11.9 Å². The first-order valence-electron chi connectivity index (χ1n) is 10.8. The Kier molecular flexibility index (Phi) is 9.15. The molecule has 8 heteroatoms. The summed E-state index contributed by atoms with van der Waals surface area (Å²) in [6, 6.07) is 12.2. The van der Waals surface area contributed by atoms with Gasteiger partial charge in [-0.05, 0) is 63.1 Å². The number of hydrogen-bond acceptors (Lipinski definition) is 6. The lowest BCUT2D eigenvalue weighted by molar-refractivity contribution is -0.156. The highest BCUT2D eigenvalue weighted by molar-refractivity contribution is 6.05. The van der Waals surface area contributed by atoms with Crippen LogP contribution in [0.15, 0.2) is 48.5 Å². The van der Waals surface area contributed by atoms with Crippen molar-refractivity contribution < 1.29 is 28.7 Å². The van der Waals surface area contributed by atoms with E-state index >= 15 is 0 Å². The number of rotatable bonds is 10. The average Bonchev–Trinajstić information content (AvgIpc) is 2.77. The van der Waals surface area contributed by atoms with E-state index in [1.165, 1.54) is 13.8 Å². The van der Waals surface area contributed by atoms with Crippen LogP contribution in [0.4, 0.5) is 5.69 Å². The second-order valence-corrected chi connectivity index (χ2v) is 7.82. The highest BCUT2D eigenvalue weighted by atomic mass is 16.5. The monoisotopic (exact) mass is 454 g/mol. The van der Waals surface area contributed by atoms with Crippen molar-refractivity contribution >= 4 is 29.3 Å². The quantitative estimate of drug-likeness (QED) is 0.419. The number of esters is 1. The predicted octanol–water partition coefficient (Wildman–Crippen LogP) is 3.61. The molecule has 1 unspecified atom stereocenters. The summed E-state index contributed by atoms with van der Waals surface area (Å²) in [4.78, 5) is 49.7. The van der Waals surface area contributed by atoms with Crippen LogP contribution in [0.1, 0.15) is 55.3 Å². The van der Waals surface area contributed by atoms with Gasteiger partial charge in [0.1, 0.15) is 11.8 Å². The minimum atomic E-state index is -1.14. The van der Waals surface area contributed by atoms with E-state index in [0.717, 1.165) is 0 Å². The van der Waals surface area contributed by atoms with Gasteiger partial charge in [-0.3, -0.25) is 14.4 Å². The molecule has 0 spiro atoms. The number of hydrogen-bond donors (Lipinski definition) is 2. The zero-order chi connectivity index (χ0) is 24.5.